The molecule has 2 aliphatic rings. The maximum atomic E-state index is 5.59. The Bertz CT molecular complexity index is 6360. The quantitative estimate of drug-likeness (QED) is 0.125. The fourth-order valence-electron chi connectivity index (χ4n) is 15.2. The molecule has 1 aliphatic heterocycles. The Balaban J connectivity index is 0.839. The highest BCUT2D eigenvalue weighted by molar-refractivity contribution is 6.18. The number of hydrogen-bond acceptors (Lipinski definition) is 15. The smallest absolute Gasteiger partial charge is 0.242 e. The van der Waals surface area contributed by atoms with Gasteiger partial charge in [0.15, 0.2) is 11.6 Å². The van der Waals surface area contributed by atoms with E-state index in [4.69, 9.17) is 64.8 Å². The molecule has 14 aromatic heterocycles. The minimum Gasteiger partial charge on any atom is -0.332 e. The van der Waals surface area contributed by atoms with Crippen LogP contribution in [0.2, 0.25) is 0 Å². The molecule has 472 valence electrons. The number of nitrogens with zero attached hydrogens (tertiary/aromatic N) is 19. The van der Waals surface area contributed by atoms with Crippen molar-refractivity contribution < 1.29 is 0 Å². The molecule has 0 spiro atoms. The summed E-state index contributed by atoms with van der Waals surface area (Å²) in [4.78, 5) is 75.0. The van der Waals surface area contributed by atoms with Crippen LogP contribution in [0.3, 0.4) is 0 Å². The molecule has 19 aromatic rings. The van der Waals surface area contributed by atoms with Gasteiger partial charge < -0.3 is 4.90 Å². The molecule has 0 bridgehead atoms. The number of rotatable bonds is 10. The van der Waals surface area contributed by atoms with Gasteiger partial charge in [-0.2, -0.15) is 24.9 Å². The van der Waals surface area contributed by atoms with Crippen molar-refractivity contribution in [3.8, 4) is 80.3 Å². The minimum atomic E-state index is -0.155. The SMILES string of the molecule is C1=CC2c3c(-c4cc5c(cn4)c4cccnc4n5-c4nc(-n5c6cnccc6c6ncccc65)nc(-n5c6cccnc6c6cccnc65)n4)cc4c5ccccc5n(-c5nc(-c6cccc(-c7ccccn7)c6)nc(-c6cccc(-c7ccccn7)c6)n5)c4c3N(c3ccccc3)C2C=C1. The van der Waals surface area contributed by atoms with Crippen LogP contribution in [0.15, 0.2) is 286 Å². The van der Waals surface area contributed by atoms with Gasteiger partial charge in [-0.1, -0.05) is 109 Å². The standard InChI is InChI=1S/C82H49N19/c1-2-22-52(23-3-1)97-65-31-7-5-25-55(65)70-59(44-58-53-24-4-6-30-64(53)99(73(58)74(70)97)79-92-75(50-20-12-18-48(42-50)61-28-8-10-35-84-61)91-76(93-79)51-21-13-19-49(43-51)62-29-9-11-36-85-62)63-45-68-60(46-90-63)54-26-14-39-88-77(54)101(68)82-95-80(98-66-32-16-37-86-71(66)56-34-41-83-47-69(56)98)94-81(96-82)100-67-33-17-38-87-72(67)57-27-15-40-89-78(57)100/h1-47,55,65H. The minimum absolute atomic E-state index is 0.153. The molecule has 0 amide bonds. The molecule has 0 saturated heterocycles. The van der Waals surface area contributed by atoms with E-state index in [1.165, 1.54) is 0 Å². The first-order valence-electron chi connectivity index (χ1n) is 33.1. The number of benzene rings is 5. The lowest BCUT2D eigenvalue weighted by atomic mass is 9.86. The van der Waals surface area contributed by atoms with Crippen molar-refractivity contribution in [1.29, 1.82) is 0 Å². The number of hydrogen-bond donors (Lipinski definition) is 0. The lowest BCUT2D eigenvalue weighted by Gasteiger charge is -2.29. The van der Waals surface area contributed by atoms with Gasteiger partial charge in [-0.3, -0.25) is 48.2 Å². The van der Waals surface area contributed by atoms with Crippen LogP contribution in [-0.4, -0.2) is 94.1 Å². The Kier molecular flexibility index (Phi) is 12.3. The van der Waals surface area contributed by atoms with Crippen LogP contribution in [0.4, 0.5) is 11.4 Å². The lowest BCUT2D eigenvalue weighted by molar-refractivity contribution is 0.745. The average Bonchev–Trinajstić information content (AvgIpc) is 1.53. The highest BCUT2D eigenvalue weighted by Gasteiger charge is 2.43. The van der Waals surface area contributed by atoms with Crippen LogP contribution in [0.5, 0.6) is 0 Å². The van der Waals surface area contributed by atoms with Gasteiger partial charge in [0, 0.05) is 121 Å². The van der Waals surface area contributed by atoms with Gasteiger partial charge in [-0.05, 0) is 127 Å². The first-order chi connectivity index (χ1) is 50.1. The van der Waals surface area contributed by atoms with Crippen molar-refractivity contribution in [3.63, 3.8) is 0 Å². The summed E-state index contributed by atoms with van der Waals surface area (Å²) < 4.78 is 8.25. The summed E-state index contributed by atoms with van der Waals surface area (Å²) in [5.41, 5.74) is 17.7. The number of fused-ring (bicyclic) bond motifs is 16. The molecular weight excluding hydrogens is 1250 g/mol. The van der Waals surface area contributed by atoms with Gasteiger partial charge in [-0.15, -0.1) is 0 Å². The van der Waals surface area contributed by atoms with E-state index in [9.17, 15) is 0 Å². The zero-order valence-corrected chi connectivity index (χ0v) is 53.3. The van der Waals surface area contributed by atoms with Gasteiger partial charge >= 0.3 is 0 Å². The highest BCUT2D eigenvalue weighted by atomic mass is 15.3. The number of para-hydroxylation sites is 2. The Morgan fingerprint density at radius 3 is 1.61 bits per heavy atom. The summed E-state index contributed by atoms with van der Waals surface area (Å²) in [6, 6.07) is 69.7. The van der Waals surface area contributed by atoms with Gasteiger partial charge in [0.25, 0.3) is 0 Å². The van der Waals surface area contributed by atoms with Crippen LogP contribution in [0.1, 0.15) is 11.5 Å². The molecule has 0 radical (unpaired) electrons. The van der Waals surface area contributed by atoms with Crippen molar-refractivity contribution >= 4 is 99.1 Å². The summed E-state index contributed by atoms with van der Waals surface area (Å²) in [5, 5.41) is 5.43. The second-order valence-corrected chi connectivity index (χ2v) is 25.0. The predicted octanol–water partition coefficient (Wildman–Crippen LogP) is 16.7. The zero-order valence-electron chi connectivity index (χ0n) is 53.3. The Labute approximate surface area is 573 Å². The molecule has 2 atom stereocenters. The molecule has 101 heavy (non-hydrogen) atoms. The predicted molar refractivity (Wildman–Crippen MR) is 393 cm³/mol. The molecule has 19 nitrogen and oxygen atoms in total. The van der Waals surface area contributed by atoms with E-state index < -0.39 is 0 Å². The van der Waals surface area contributed by atoms with E-state index in [1.54, 1.807) is 31.0 Å². The van der Waals surface area contributed by atoms with E-state index >= 15 is 0 Å². The highest BCUT2D eigenvalue weighted by Crippen LogP contribution is 2.56. The first-order valence-corrected chi connectivity index (χ1v) is 33.1. The molecular formula is C82H49N19. The summed E-state index contributed by atoms with van der Waals surface area (Å²) in [6.07, 6.45) is 25.3. The maximum absolute atomic E-state index is 5.59. The van der Waals surface area contributed by atoms with E-state index in [0.29, 0.717) is 46.7 Å². The van der Waals surface area contributed by atoms with Crippen LogP contribution in [-0.2, 0) is 0 Å². The molecule has 5 aromatic carbocycles. The average molecular weight is 1300 g/mol. The van der Waals surface area contributed by atoms with Gasteiger partial charge in [0.2, 0.25) is 23.8 Å². The molecule has 0 fully saturated rings. The molecule has 0 N–H and O–H groups in total. The van der Waals surface area contributed by atoms with E-state index in [1.807, 2.05) is 136 Å². The molecule has 1 aliphatic carbocycles. The van der Waals surface area contributed by atoms with Crippen LogP contribution < -0.4 is 4.90 Å². The Hall–Kier alpha value is -14.2. The third-order valence-corrected chi connectivity index (χ3v) is 19.5. The topological polar surface area (TPSA) is 203 Å². The molecule has 0 saturated carbocycles. The summed E-state index contributed by atoms with van der Waals surface area (Å²) >= 11 is 0. The van der Waals surface area contributed by atoms with Crippen molar-refractivity contribution in [1.82, 2.24) is 88.0 Å². The third kappa shape index (κ3) is 8.66. The fourth-order valence-corrected chi connectivity index (χ4v) is 15.2. The summed E-state index contributed by atoms with van der Waals surface area (Å²) in [7, 11) is 0. The maximum Gasteiger partial charge on any atom is 0.242 e. The molecule has 19 heteroatoms. The summed E-state index contributed by atoms with van der Waals surface area (Å²) in [5.74, 6) is 2.24. The zero-order chi connectivity index (χ0) is 66.2. The van der Waals surface area contributed by atoms with Gasteiger partial charge in [0.1, 0.15) is 11.3 Å². The van der Waals surface area contributed by atoms with Crippen molar-refractivity contribution in [3.05, 3.63) is 292 Å². The van der Waals surface area contributed by atoms with Crippen molar-refractivity contribution in [2.24, 2.45) is 0 Å². The van der Waals surface area contributed by atoms with Gasteiger partial charge in [0.05, 0.1) is 79.1 Å². The monoisotopic (exact) mass is 1300 g/mol. The number of pyridine rings is 8. The van der Waals surface area contributed by atoms with Gasteiger partial charge in [-0.25, -0.2) is 15.0 Å². The Morgan fingerprint density at radius 1 is 0.317 bits per heavy atom. The van der Waals surface area contributed by atoms with Crippen LogP contribution in [0.25, 0.3) is 168 Å². The summed E-state index contributed by atoms with van der Waals surface area (Å²) in [6.45, 7) is 0. The van der Waals surface area contributed by atoms with E-state index in [0.717, 1.165) is 138 Å². The largest absolute Gasteiger partial charge is 0.332 e. The van der Waals surface area contributed by atoms with Crippen LogP contribution >= 0.6 is 0 Å². The second-order valence-electron chi connectivity index (χ2n) is 25.0. The van der Waals surface area contributed by atoms with E-state index in [-0.39, 0.29) is 12.0 Å². The molecule has 21 rings (SSSR count). The first kappa shape index (κ1) is 56.0. The van der Waals surface area contributed by atoms with Crippen molar-refractivity contribution in [2.45, 2.75) is 12.0 Å². The number of allylic oxidation sites excluding steroid dienone is 2. The van der Waals surface area contributed by atoms with E-state index in [2.05, 4.69) is 148 Å². The Morgan fingerprint density at radius 2 is 0.891 bits per heavy atom. The third-order valence-electron chi connectivity index (χ3n) is 19.5. The van der Waals surface area contributed by atoms with Crippen molar-refractivity contribution in [2.75, 3.05) is 4.90 Å². The second kappa shape index (κ2) is 22.2. The number of anilines is 2. The fraction of sp³-hybridized carbons (Fsp3) is 0.0244. The molecule has 2 unspecified atom stereocenters. The normalized spacial score (nSPS) is 14.2. The van der Waals surface area contributed by atoms with Crippen LogP contribution in [0, 0.1) is 0 Å². The lowest BCUT2D eigenvalue weighted by Crippen LogP contribution is -2.28. The number of aromatic nitrogens is 18. The molecule has 15 heterocycles.